The standard InChI is InChI=1S/C24H20F2N2O3/c1-2-11-31-23-10-4-9-21-17(23)13-22(24(29)27-14-16-6-5-12-30-16)28(21)15-18-19(25)7-3-8-20(18)26/h2-10,12-13H,1,11,14-15H2,(H,27,29). The number of halogens is 2. The van der Waals surface area contributed by atoms with Crippen LogP contribution in [0.4, 0.5) is 8.78 Å². The number of aromatic nitrogens is 1. The molecule has 0 aliphatic rings. The fourth-order valence-corrected chi connectivity index (χ4v) is 3.40. The smallest absolute Gasteiger partial charge is 0.268 e. The molecule has 0 saturated heterocycles. The van der Waals surface area contributed by atoms with Gasteiger partial charge in [0.05, 0.1) is 24.9 Å². The van der Waals surface area contributed by atoms with Crippen LogP contribution < -0.4 is 10.1 Å². The van der Waals surface area contributed by atoms with Crippen LogP contribution in [-0.2, 0) is 13.1 Å². The second kappa shape index (κ2) is 8.87. The van der Waals surface area contributed by atoms with Gasteiger partial charge in [-0.3, -0.25) is 4.79 Å². The summed E-state index contributed by atoms with van der Waals surface area (Å²) >= 11 is 0. The molecule has 0 spiro atoms. The summed E-state index contributed by atoms with van der Waals surface area (Å²) in [4.78, 5) is 13.0. The first-order chi connectivity index (χ1) is 15.1. The topological polar surface area (TPSA) is 56.4 Å². The molecular weight excluding hydrogens is 402 g/mol. The number of ether oxygens (including phenoxy) is 1. The average Bonchev–Trinajstić information content (AvgIpc) is 3.41. The summed E-state index contributed by atoms with van der Waals surface area (Å²) < 4.78 is 41.2. The van der Waals surface area contributed by atoms with Crippen molar-refractivity contribution >= 4 is 16.8 Å². The number of nitrogens with one attached hydrogen (secondary N) is 1. The van der Waals surface area contributed by atoms with Crippen LogP contribution in [0.3, 0.4) is 0 Å². The van der Waals surface area contributed by atoms with Crippen molar-refractivity contribution in [3.05, 3.63) is 102 Å². The number of hydrogen-bond acceptors (Lipinski definition) is 3. The zero-order valence-corrected chi connectivity index (χ0v) is 16.6. The lowest BCUT2D eigenvalue weighted by atomic mass is 10.2. The van der Waals surface area contributed by atoms with Gasteiger partial charge in [-0.1, -0.05) is 24.8 Å². The van der Waals surface area contributed by atoms with E-state index in [1.54, 1.807) is 47.0 Å². The van der Waals surface area contributed by atoms with Gasteiger partial charge in [0.25, 0.3) is 5.91 Å². The molecule has 0 unspecified atom stereocenters. The summed E-state index contributed by atoms with van der Waals surface area (Å²) in [7, 11) is 0. The molecule has 31 heavy (non-hydrogen) atoms. The lowest BCUT2D eigenvalue weighted by molar-refractivity contribution is 0.0939. The first-order valence-corrected chi connectivity index (χ1v) is 9.68. The molecule has 158 valence electrons. The lowest BCUT2D eigenvalue weighted by Crippen LogP contribution is -2.25. The van der Waals surface area contributed by atoms with Crippen LogP contribution in [-0.4, -0.2) is 17.1 Å². The van der Waals surface area contributed by atoms with Crippen molar-refractivity contribution in [3.63, 3.8) is 0 Å². The normalized spacial score (nSPS) is 10.9. The number of carbonyl (C=O) groups is 1. The van der Waals surface area contributed by atoms with Crippen LogP contribution in [0.15, 0.2) is 77.9 Å². The number of fused-ring (bicyclic) bond motifs is 1. The molecule has 4 aromatic rings. The van der Waals surface area contributed by atoms with Crippen molar-refractivity contribution in [2.45, 2.75) is 13.1 Å². The van der Waals surface area contributed by atoms with Crippen molar-refractivity contribution in [1.29, 1.82) is 0 Å². The van der Waals surface area contributed by atoms with E-state index in [0.717, 1.165) is 0 Å². The van der Waals surface area contributed by atoms with Gasteiger partial charge in [-0.15, -0.1) is 0 Å². The van der Waals surface area contributed by atoms with E-state index in [0.29, 0.717) is 22.4 Å². The third-order valence-corrected chi connectivity index (χ3v) is 4.88. The summed E-state index contributed by atoms with van der Waals surface area (Å²) in [5, 5.41) is 3.44. The Morgan fingerprint density at radius 2 is 1.90 bits per heavy atom. The van der Waals surface area contributed by atoms with E-state index in [1.807, 2.05) is 0 Å². The minimum absolute atomic E-state index is 0.127. The zero-order chi connectivity index (χ0) is 21.8. The number of nitrogens with zero attached hydrogens (tertiary/aromatic N) is 1. The predicted octanol–water partition coefficient (Wildman–Crippen LogP) is 5.06. The first-order valence-electron chi connectivity index (χ1n) is 9.68. The highest BCUT2D eigenvalue weighted by Crippen LogP contribution is 2.30. The van der Waals surface area contributed by atoms with Gasteiger partial charge in [0.1, 0.15) is 35.4 Å². The Bertz CT molecular complexity index is 1210. The highest BCUT2D eigenvalue weighted by atomic mass is 19.1. The molecular formula is C24H20F2N2O3. The Morgan fingerprint density at radius 1 is 1.13 bits per heavy atom. The summed E-state index contributed by atoms with van der Waals surface area (Å²) in [5.41, 5.74) is 0.740. The van der Waals surface area contributed by atoms with Crippen LogP contribution in [0, 0.1) is 11.6 Å². The minimum atomic E-state index is -0.678. The van der Waals surface area contributed by atoms with Crippen LogP contribution in [0.1, 0.15) is 21.8 Å². The average molecular weight is 422 g/mol. The number of amides is 1. The van der Waals surface area contributed by atoms with Gasteiger partial charge in [-0.05, 0) is 42.5 Å². The van der Waals surface area contributed by atoms with Crippen LogP contribution in [0.2, 0.25) is 0 Å². The fraction of sp³-hybridized carbons (Fsp3) is 0.125. The highest BCUT2D eigenvalue weighted by molar-refractivity contribution is 6.00. The highest BCUT2D eigenvalue weighted by Gasteiger charge is 2.20. The zero-order valence-electron chi connectivity index (χ0n) is 16.6. The largest absolute Gasteiger partial charge is 0.489 e. The summed E-state index contributed by atoms with van der Waals surface area (Å²) in [5.74, 6) is -0.624. The van der Waals surface area contributed by atoms with Crippen molar-refractivity contribution in [2.24, 2.45) is 0 Å². The molecule has 5 nitrogen and oxygen atoms in total. The van der Waals surface area contributed by atoms with E-state index in [9.17, 15) is 13.6 Å². The van der Waals surface area contributed by atoms with Crippen LogP contribution in [0.25, 0.3) is 10.9 Å². The number of hydrogen-bond donors (Lipinski definition) is 1. The SMILES string of the molecule is C=CCOc1cccc2c1cc(C(=O)NCc1ccco1)n2Cc1c(F)cccc1F. The fourth-order valence-electron chi connectivity index (χ4n) is 3.40. The quantitative estimate of drug-likeness (QED) is 0.404. The number of furan rings is 1. The molecule has 0 aliphatic carbocycles. The Morgan fingerprint density at radius 3 is 2.61 bits per heavy atom. The molecule has 0 fully saturated rings. The summed E-state index contributed by atoms with van der Waals surface area (Å²) in [6.07, 6.45) is 3.13. The minimum Gasteiger partial charge on any atom is -0.489 e. The first kappa shape index (κ1) is 20.4. The lowest BCUT2D eigenvalue weighted by Gasteiger charge is -2.13. The monoisotopic (exact) mass is 422 g/mol. The third kappa shape index (κ3) is 4.21. The number of rotatable bonds is 8. The van der Waals surface area contributed by atoms with Gasteiger partial charge in [0.2, 0.25) is 0 Å². The predicted molar refractivity (Wildman–Crippen MR) is 113 cm³/mol. The molecule has 1 N–H and O–H groups in total. The Kier molecular flexibility index (Phi) is 5.84. The second-order valence-electron chi connectivity index (χ2n) is 6.87. The second-order valence-corrected chi connectivity index (χ2v) is 6.87. The molecule has 0 bridgehead atoms. The number of carbonyl (C=O) groups excluding carboxylic acids is 1. The maximum absolute atomic E-state index is 14.4. The maximum Gasteiger partial charge on any atom is 0.268 e. The van der Waals surface area contributed by atoms with E-state index in [-0.39, 0.29) is 31.0 Å². The molecule has 0 atom stereocenters. The molecule has 0 radical (unpaired) electrons. The van der Waals surface area contributed by atoms with Gasteiger partial charge in [0.15, 0.2) is 0 Å². The molecule has 0 saturated carbocycles. The van der Waals surface area contributed by atoms with Crippen molar-refractivity contribution < 1.29 is 22.7 Å². The molecule has 4 rings (SSSR count). The Hall–Kier alpha value is -3.87. The summed E-state index contributed by atoms with van der Waals surface area (Å²) in [6, 6.07) is 14.1. The van der Waals surface area contributed by atoms with E-state index in [4.69, 9.17) is 9.15 Å². The molecule has 2 aromatic heterocycles. The van der Waals surface area contributed by atoms with Gasteiger partial charge in [-0.25, -0.2) is 8.78 Å². The van der Waals surface area contributed by atoms with E-state index in [1.165, 1.54) is 24.5 Å². The van der Waals surface area contributed by atoms with E-state index in [2.05, 4.69) is 11.9 Å². The molecule has 1 amide bonds. The van der Waals surface area contributed by atoms with Crippen molar-refractivity contribution in [2.75, 3.05) is 6.61 Å². The van der Waals surface area contributed by atoms with Gasteiger partial charge in [-0.2, -0.15) is 0 Å². The van der Waals surface area contributed by atoms with E-state index >= 15 is 0 Å². The van der Waals surface area contributed by atoms with Crippen LogP contribution in [0.5, 0.6) is 5.75 Å². The van der Waals surface area contributed by atoms with Crippen LogP contribution >= 0.6 is 0 Å². The summed E-state index contributed by atoms with van der Waals surface area (Å²) in [6.45, 7) is 3.95. The molecule has 2 heterocycles. The Balaban J connectivity index is 1.77. The Labute approximate surface area is 177 Å². The van der Waals surface area contributed by atoms with Gasteiger partial charge in [0, 0.05) is 10.9 Å². The van der Waals surface area contributed by atoms with Crippen molar-refractivity contribution in [1.82, 2.24) is 9.88 Å². The molecule has 2 aromatic carbocycles. The number of benzene rings is 2. The van der Waals surface area contributed by atoms with Gasteiger partial charge < -0.3 is 19.0 Å². The van der Waals surface area contributed by atoms with Gasteiger partial charge >= 0.3 is 0 Å². The third-order valence-electron chi connectivity index (χ3n) is 4.88. The van der Waals surface area contributed by atoms with E-state index < -0.39 is 17.5 Å². The molecule has 7 heteroatoms. The van der Waals surface area contributed by atoms with Crippen molar-refractivity contribution in [3.8, 4) is 5.75 Å². The maximum atomic E-state index is 14.4. The molecule has 0 aliphatic heterocycles.